The van der Waals surface area contributed by atoms with Crippen LogP contribution < -0.4 is 10.1 Å². The summed E-state index contributed by atoms with van der Waals surface area (Å²) in [6, 6.07) is 8.20. The number of carbonyl (C=O) groups excluding carboxylic acids is 1. The zero-order chi connectivity index (χ0) is 19.8. The van der Waals surface area contributed by atoms with Crippen LogP contribution in [0.5, 0.6) is 5.75 Å². The van der Waals surface area contributed by atoms with Gasteiger partial charge in [-0.3, -0.25) is 20.2 Å². The first kappa shape index (κ1) is 18.7. The average Bonchev–Trinajstić information content (AvgIpc) is 3.02. The number of sulfone groups is 1. The number of benzene rings is 2. The third kappa shape index (κ3) is 3.88. The molecule has 9 nitrogen and oxygen atoms in total. The van der Waals surface area contributed by atoms with Crippen molar-refractivity contribution in [2.24, 2.45) is 0 Å². The van der Waals surface area contributed by atoms with E-state index in [0.29, 0.717) is 10.2 Å². The fourth-order valence-electron chi connectivity index (χ4n) is 2.34. The molecule has 1 heterocycles. The number of hydrogen-bond donors (Lipinski definition) is 1. The van der Waals surface area contributed by atoms with Crippen LogP contribution >= 0.6 is 11.3 Å². The second-order valence-electron chi connectivity index (χ2n) is 5.53. The molecular formula is C16H13N3O6S2. The van der Waals surface area contributed by atoms with E-state index in [9.17, 15) is 23.3 Å². The number of rotatable bonds is 5. The largest absolute Gasteiger partial charge is 0.494 e. The predicted molar refractivity (Wildman–Crippen MR) is 100 cm³/mol. The molecule has 0 radical (unpaired) electrons. The molecule has 2 aromatic carbocycles. The van der Waals surface area contributed by atoms with Gasteiger partial charge in [-0.1, -0.05) is 17.4 Å². The number of nitro groups is 1. The minimum Gasteiger partial charge on any atom is -0.494 e. The van der Waals surface area contributed by atoms with Gasteiger partial charge in [0.05, 0.1) is 27.7 Å². The van der Waals surface area contributed by atoms with Gasteiger partial charge in [0.2, 0.25) is 0 Å². The van der Waals surface area contributed by atoms with E-state index in [4.69, 9.17) is 4.74 Å². The number of thiazole rings is 1. The molecule has 0 aliphatic heterocycles. The maximum Gasteiger partial charge on any atom is 0.274 e. The molecule has 0 spiro atoms. The van der Waals surface area contributed by atoms with Crippen LogP contribution in [0.15, 0.2) is 41.3 Å². The van der Waals surface area contributed by atoms with Gasteiger partial charge in [-0.25, -0.2) is 13.4 Å². The van der Waals surface area contributed by atoms with Gasteiger partial charge in [-0.05, 0) is 18.2 Å². The van der Waals surface area contributed by atoms with E-state index < -0.39 is 20.7 Å². The van der Waals surface area contributed by atoms with Gasteiger partial charge < -0.3 is 4.74 Å². The molecule has 3 aromatic rings. The van der Waals surface area contributed by atoms with Crippen LogP contribution in [0.2, 0.25) is 0 Å². The molecule has 3 rings (SSSR count). The highest BCUT2D eigenvalue weighted by molar-refractivity contribution is 7.90. The zero-order valence-corrected chi connectivity index (χ0v) is 15.8. The Morgan fingerprint density at radius 3 is 2.67 bits per heavy atom. The fourth-order valence-corrected chi connectivity index (χ4v) is 3.92. The Bertz CT molecular complexity index is 1170. The Morgan fingerprint density at radius 1 is 1.30 bits per heavy atom. The lowest BCUT2D eigenvalue weighted by atomic mass is 10.2. The number of methoxy groups -OCH3 is 1. The van der Waals surface area contributed by atoms with Crippen LogP contribution in [0, 0.1) is 10.1 Å². The number of nitrogens with one attached hydrogen (secondary N) is 1. The van der Waals surface area contributed by atoms with E-state index in [-0.39, 0.29) is 27.0 Å². The van der Waals surface area contributed by atoms with E-state index in [2.05, 4.69) is 10.3 Å². The molecule has 0 aliphatic rings. The summed E-state index contributed by atoms with van der Waals surface area (Å²) in [6.45, 7) is 0. The van der Waals surface area contributed by atoms with Crippen molar-refractivity contribution >= 4 is 48.1 Å². The van der Waals surface area contributed by atoms with Crippen LogP contribution in [0.1, 0.15) is 10.4 Å². The molecule has 0 saturated carbocycles. The molecule has 0 unspecified atom stereocenters. The highest BCUT2D eigenvalue weighted by Gasteiger charge is 2.18. The lowest BCUT2D eigenvalue weighted by molar-refractivity contribution is -0.384. The van der Waals surface area contributed by atoms with E-state index in [1.54, 1.807) is 0 Å². The number of aromatic nitrogens is 1. The smallest absolute Gasteiger partial charge is 0.274 e. The number of hydrogen-bond acceptors (Lipinski definition) is 8. The summed E-state index contributed by atoms with van der Waals surface area (Å²) >= 11 is 1.05. The topological polar surface area (TPSA) is 128 Å². The Hall–Kier alpha value is -3.05. The maximum atomic E-state index is 12.4. The molecule has 140 valence electrons. The first-order valence-electron chi connectivity index (χ1n) is 7.43. The SMILES string of the molecule is COc1cc([N+](=O)[O-])cc2sc(NC(=O)c3cccc(S(C)(=O)=O)c3)nc12. The van der Waals surface area contributed by atoms with Gasteiger partial charge in [0, 0.05) is 17.9 Å². The molecular weight excluding hydrogens is 394 g/mol. The summed E-state index contributed by atoms with van der Waals surface area (Å²) in [5, 5.41) is 13.8. The highest BCUT2D eigenvalue weighted by Crippen LogP contribution is 2.36. The second kappa shape index (κ2) is 6.93. The van der Waals surface area contributed by atoms with Crippen LogP contribution in [0.25, 0.3) is 10.2 Å². The number of carbonyl (C=O) groups is 1. The molecule has 0 aliphatic carbocycles. The van der Waals surface area contributed by atoms with Gasteiger partial charge in [-0.2, -0.15) is 0 Å². The van der Waals surface area contributed by atoms with Crippen LogP contribution in [0.3, 0.4) is 0 Å². The molecule has 0 atom stereocenters. The number of non-ortho nitro benzene ring substituents is 1. The molecule has 0 saturated heterocycles. The molecule has 27 heavy (non-hydrogen) atoms. The lowest BCUT2D eigenvalue weighted by Gasteiger charge is -2.04. The minimum atomic E-state index is -3.45. The van der Waals surface area contributed by atoms with Crippen molar-refractivity contribution in [1.82, 2.24) is 4.98 Å². The number of fused-ring (bicyclic) bond motifs is 1. The number of ether oxygens (including phenoxy) is 1. The second-order valence-corrected chi connectivity index (χ2v) is 8.57. The minimum absolute atomic E-state index is 0.0248. The average molecular weight is 407 g/mol. The highest BCUT2D eigenvalue weighted by atomic mass is 32.2. The number of nitro benzene ring substituents is 1. The summed E-state index contributed by atoms with van der Waals surface area (Å²) in [4.78, 5) is 27.2. The maximum absolute atomic E-state index is 12.4. The van der Waals surface area contributed by atoms with Crippen LogP contribution in [0.4, 0.5) is 10.8 Å². The molecule has 11 heteroatoms. The van der Waals surface area contributed by atoms with Crippen molar-refractivity contribution in [1.29, 1.82) is 0 Å². The van der Waals surface area contributed by atoms with E-state index in [1.807, 2.05) is 0 Å². The van der Waals surface area contributed by atoms with Crippen molar-refractivity contribution in [2.75, 3.05) is 18.7 Å². The van der Waals surface area contributed by atoms with Crippen molar-refractivity contribution in [2.45, 2.75) is 4.90 Å². The first-order valence-corrected chi connectivity index (χ1v) is 10.1. The van der Waals surface area contributed by atoms with E-state index >= 15 is 0 Å². The predicted octanol–water partition coefficient (Wildman–Crippen LogP) is 2.87. The van der Waals surface area contributed by atoms with Crippen molar-refractivity contribution in [3.63, 3.8) is 0 Å². The lowest BCUT2D eigenvalue weighted by Crippen LogP contribution is -2.12. The van der Waals surface area contributed by atoms with E-state index in [1.165, 1.54) is 43.5 Å². The molecule has 0 fully saturated rings. The van der Waals surface area contributed by atoms with Gasteiger partial charge in [-0.15, -0.1) is 0 Å². The van der Waals surface area contributed by atoms with Crippen LogP contribution in [-0.4, -0.2) is 37.6 Å². The normalized spacial score (nSPS) is 11.3. The standard InChI is InChI=1S/C16H13N3O6S2/c1-25-12-7-10(19(21)22)8-13-14(12)17-16(26-13)18-15(20)9-4-3-5-11(6-9)27(2,23)24/h3-8H,1-2H3,(H,17,18,20). The Kier molecular flexibility index (Phi) is 4.81. The zero-order valence-electron chi connectivity index (χ0n) is 14.1. The quantitative estimate of drug-likeness (QED) is 0.508. The third-order valence-electron chi connectivity index (χ3n) is 3.62. The summed E-state index contributed by atoms with van der Waals surface area (Å²) in [5.41, 5.74) is 0.380. The number of anilines is 1. The number of amides is 1. The fraction of sp³-hybridized carbons (Fsp3) is 0.125. The first-order chi connectivity index (χ1) is 12.7. The summed E-state index contributed by atoms with van der Waals surface area (Å²) in [7, 11) is -2.08. The van der Waals surface area contributed by atoms with E-state index in [0.717, 1.165) is 17.6 Å². The van der Waals surface area contributed by atoms with Gasteiger partial charge in [0.25, 0.3) is 11.6 Å². The van der Waals surface area contributed by atoms with Crippen molar-refractivity contribution < 1.29 is 22.9 Å². The van der Waals surface area contributed by atoms with Gasteiger partial charge >= 0.3 is 0 Å². The number of nitrogens with zero attached hydrogens (tertiary/aromatic N) is 2. The Balaban J connectivity index is 1.95. The molecule has 1 amide bonds. The summed E-state index contributed by atoms with van der Waals surface area (Å²) in [6.07, 6.45) is 1.05. The molecule has 1 N–H and O–H groups in total. The summed E-state index contributed by atoms with van der Waals surface area (Å²) < 4.78 is 28.9. The molecule has 1 aromatic heterocycles. The Morgan fingerprint density at radius 2 is 2.04 bits per heavy atom. The third-order valence-corrected chi connectivity index (χ3v) is 5.65. The van der Waals surface area contributed by atoms with Crippen molar-refractivity contribution in [3.8, 4) is 5.75 Å². The van der Waals surface area contributed by atoms with Gasteiger partial charge in [0.1, 0.15) is 5.52 Å². The summed E-state index contributed by atoms with van der Waals surface area (Å²) in [5.74, 6) is -0.331. The Labute approximate surface area is 157 Å². The van der Waals surface area contributed by atoms with Crippen LogP contribution in [-0.2, 0) is 9.84 Å². The monoisotopic (exact) mass is 407 g/mol. The van der Waals surface area contributed by atoms with Crippen molar-refractivity contribution in [3.05, 3.63) is 52.1 Å². The van der Waals surface area contributed by atoms with Gasteiger partial charge in [0.15, 0.2) is 20.7 Å². The molecule has 0 bridgehead atoms.